The van der Waals surface area contributed by atoms with E-state index in [1.54, 1.807) is 0 Å². The maximum atomic E-state index is 13.2. The summed E-state index contributed by atoms with van der Waals surface area (Å²) in [5.41, 5.74) is 0. The number of hydrogen-bond donors (Lipinski definition) is 2. The Labute approximate surface area is 176 Å². The molecular weight excluding hydrogens is 413 g/mol. The Morgan fingerprint density at radius 3 is 2.37 bits per heavy atom. The van der Waals surface area contributed by atoms with E-state index in [0.29, 0.717) is 13.0 Å². The van der Waals surface area contributed by atoms with Crippen molar-refractivity contribution in [2.24, 2.45) is 0 Å². The zero-order valence-electron chi connectivity index (χ0n) is 16.8. The van der Waals surface area contributed by atoms with Crippen molar-refractivity contribution in [2.75, 3.05) is 19.7 Å². The molecule has 2 fully saturated rings. The van der Waals surface area contributed by atoms with Crippen molar-refractivity contribution >= 4 is 21.8 Å². The van der Waals surface area contributed by atoms with Gasteiger partial charge in [0.2, 0.25) is 10.0 Å². The van der Waals surface area contributed by atoms with Crippen molar-refractivity contribution in [3.63, 3.8) is 0 Å². The van der Waals surface area contributed by atoms with Gasteiger partial charge in [-0.3, -0.25) is 9.59 Å². The summed E-state index contributed by atoms with van der Waals surface area (Å²) >= 11 is 0. The molecule has 3 rings (SSSR count). The van der Waals surface area contributed by atoms with Crippen molar-refractivity contribution in [1.82, 2.24) is 14.9 Å². The Kier molecular flexibility index (Phi) is 7.79. The lowest BCUT2D eigenvalue weighted by molar-refractivity contribution is -0.140. The first kappa shape index (κ1) is 22.6. The van der Waals surface area contributed by atoms with Gasteiger partial charge in [0.25, 0.3) is 0 Å². The number of benzene rings is 1. The van der Waals surface area contributed by atoms with E-state index in [1.165, 1.54) is 12.1 Å². The highest BCUT2D eigenvalue weighted by molar-refractivity contribution is 7.89. The molecule has 1 aromatic rings. The van der Waals surface area contributed by atoms with Crippen LogP contribution in [-0.2, 0) is 24.3 Å². The van der Waals surface area contributed by atoms with E-state index in [0.717, 1.165) is 55.0 Å². The average molecular weight is 442 g/mol. The molecular formula is C20H28FN3O5S. The number of sulfonamides is 1. The summed E-state index contributed by atoms with van der Waals surface area (Å²) in [5, 5.41) is 5.24. The minimum Gasteiger partial charge on any atom is -0.360 e. The van der Waals surface area contributed by atoms with Gasteiger partial charge in [0.15, 0.2) is 0 Å². The quantitative estimate of drug-likeness (QED) is 0.533. The predicted molar refractivity (Wildman–Crippen MR) is 107 cm³/mol. The zero-order valence-corrected chi connectivity index (χ0v) is 17.6. The number of carbonyl (C=O) groups excluding carboxylic acids is 2. The fraction of sp³-hybridized carbons (Fsp3) is 0.600. The topological polar surface area (TPSA) is 105 Å². The first-order valence-corrected chi connectivity index (χ1v) is 11.8. The lowest BCUT2D eigenvalue weighted by Gasteiger charge is -2.34. The third kappa shape index (κ3) is 5.77. The van der Waals surface area contributed by atoms with Crippen LogP contribution in [0.3, 0.4) is 0 Å². The highest BCUT2D eigenvalue weighted by atomic mass is 32.2. The van der Waals surface area contributed by atoms with E-state index in [4.69, 9.17) is 4.74 Å². The molecule has 1 heterocycles. The molecule has 1 aromatic carbocycles. The Bertz CT molecular complexity index is 839. The predicted octanol–water partition coefficient (Wildman–Crippen LogP) is 1.52. The summed E-state index contributed by atoms with van der Waals surface area (Å²) in [6, 6.07) is 4.52. The molecule has 0 bridgehead atoms. The van der Waals surface area contributed by atoms with Gasteiger partial charge < -0.3 is 15.4 Å². The molecule has 1 saturated heterocycles. The van der Waals surface area contributed by atoms with Crippen LogP contribution in [0.4, 0.5) is 4.39 Å². The molecule has 1 unspecified atom stereocenters. The fourth-order valence-corrected chi connectivity index (χ4v) is 5.34. The summed E-state index contributed by atoms with van der Waals surface area (Å²) in [5.74, 6) is -2.06. The number of carbonyl (C=O) groups is 2. The fourth-order valence-electron chi connectivity index (χ4n) is 3.78. The monoisotopic (exact) mass is 441 g/mol. The summed E-state index contributed by atoms with van der Waals surface area (Å²) < 4.78 is 45.7. The summed E-state index contributed by atoms with van der Waals surface area (Å²) in [7, 11) is -3.93. The standard InChI is InChI=1S/C20H28FN3O5S/c21-15-8-10-17(11-9-15)30(27,28)24-12-5-13-29-18(24)14-22-19(25)20(26)23-16-6-3-1-2-4-7-16/h8-11,16,18H,1-7,12-14H2,(H,22,25)(H,23,26). The molecule has 1 atom stereocenters. The van der Waals surface area contributed by atoms with Crippen LogP contribution in [0, 0.1) is 5.82 Å². The van der Waals surface area contributed by atoms with Crippen LogP contribution in [0.5, 0.6) is 0 Å². The van der Waals surface area contributed by atoms with Gasteiger partial charge in [-0.2, -0.15) is 4.31 Å². The van der Waals surface area contributed by atoms with Gasteiger partial charge in [0.1, 0.15) is 12.0 Å². The minimum atomic E-state index is -3.93. The third-order valence-corrected chi connectivity index (χ3v) is 7.31. The van der Waals surface area contributed by atoms with Crippen LogP contribution in [0.15, 0.2) is 29.2 Å². The van der Waals surface area contributed by atoms with E-state index >= 15 is 0 Å². The van der Waals surface area contributed by atoms with E-state index in [2.05, 4.69) is 10.6 Å². The number of amides is 2. The molecule has 1 aliphatic carbocycles. The summed E-state index contributed by atoms with van der Waals surface area (Å²) in [6.45, 7) is 0.385. The van der Waals surface area contributed by atoms with Gasteiger partial charge in [-0.25, -0.2) is 12.8 Å². The Balaban J connectivity index is 1.59. The van der Waals surface area contributed by atoms with Crippen molar-refractivity contribution in [3.8, 4) is 0 Å². The Hall–Kier alpha value is -2.04. The van der Waals surface area contributed by atoms with Crippen LogP contribution in [-0.4, -0.2) is 56.5 Å². The van der Waals surface area contributed by atoms with Crippen LogP contribution < -0.4 is 10.6 Å². The van der Waals surface area contributed by atoms with Crippen LogP contribution in [0.1, 0.15) is 44.9 Å². The van der Waals surface area contributed by atoms with Crippen LogP contribution in [0.2, 0.25) is 0 Å². The van der Waals surface area contributed by atoms with Gasteiger partial charge in [-0.05, 0) is 43.5 Å². The molecule has 0 spiro atoms. The SMILES string of the molecule is O=C(NCC1OCCCN1S(=O)(=O)c1ccc(F)cc1)C(=O)NC1CCCCCC1. The zero-order chi connectivity index (χ0) is 21.6. The van der Waals surface area contributed by atoms with E-state index < -0.39 is 33.9 Å². The lowest BCUT2D eigenvalue weighted by atomic mass is 10.1. The normalized spacial score (nSPS) is 21.6. The number of halogens is 1. The van der Waals surface area contributed by atoms with Gasteiger partial charge in [-0.15, -0.1) is 0 Å². The number of rotatable bonds is 5. The molecule has 166 valence electrons. The second-order valence-corrected chi connectivity index (χ2v) is 9.51. The van der Waals surface area contributed by atoms with Crippen molar-refractivity contribution in [3.05, 3.63) is 30.1 Å². The van der Waals surface area contributed by atoms with Crippen LogP contribution >= 0.6 is 0 Å². The van der Waals surface area contributed by atoms with Crippen molar-refractivity contribution in [2.45, 2.75) is 62.1 Å². The molecule has 2 amide bonds. The third-order valence-electron chi connectivity index (χ3n) is 5.41. The molecule has 30 heavy (non-hydrogen) atoms. The van der Waals surface area contributed by atoms with Gasteiger partial charge >= 0.3 is 11.8 Å². The summed E-state index contributed by atoms with van der Waals surface area (Å²) in [6.07, 6.45) is 5.59. The molecule has 1 aliphatic heterocycles. The number of nitrogens with one attached hydrogen (secondary N) is 2. The van der Waals surface area contributed by atoms with Gasteiger partial charge in [0, 0.05) is 12.6 Å². The van der Waals surface area contributed by atoms with Gasteiger partial charge in [0.05, 0.1) is 18.0 Å². The Morgan fingerprint density at radius 1 is 1.03 bits per heavy atom. The maximum Gasteiger partial charge on any atom is 0.309 e. The van der Waals surface area contributed by atoms with E-state index in [1.807, 2.05) is 0 Å². The first-order chi connectivity index (χ1) is 14.4. The molecule has 0 aromatic heterocycles. The van der Waals surface area contributed by atoms with E-state index in [-0.39, 0.29) is 24.0 Å². The molecule has 2 aliphatic rings. The summed E-state index contributed by atoms with van der Waals surface area (Å²) in [4.78, 5) is 24.4. The maximum absolute atomic E-state index is 13.2. The second kappa shape index (κ2) is 10.3. The lowest BCUT2D eigenvalue weighted by Crippen LogP contribution is -2.53. The number of nitrogens with zero attached hydrogens (tertiary/aromatic N) is 1. The van der Waals surface area contributed by atoms with Gasteiger partial charge in [-0.1, -0.05) is 25.7 Å². The Morgan fingerprint density at radius 2 is 1.70 bits per heavy atom. The molecule has 2 N–H and O–H groups in total. The molecule has 8 nitrogen and oxygen atoms in total. The first-order valence-electron chi connectivity index (χ1n) is 10.4. The number of hydrogen-bond acceptors (Lipinski definition) is 5. The van der Waals surface area contributed by atoms with Crippen LogP contribution in [0.25, 0.3) is 0 Å². The smallest absolute Gasteiger partial charge is 0.309 e. The van der Waals surface area contributed by atoms with Crippen molar-refractivity contribution < 1.29 is 27.1 Å². The second-order valence-electron chi connectivity index (χ2n) is 7.62. The largest absolute Gasteiger partial charge is 0.360 e. The molecule has 10 heteroatoms. The molecule has 0 radical (unpaired) electrons. The average Bonchev–Trinajstić information content (AvgIpc) is 3.01. The molecule has 1 saturated carbocycles. The number of ether oxygens (including phenoxy) is 1. The van der Waals surface area contributed by atoms with Crippen molar-refractivity contribution in [1.29, 1.82) is 0 Å². The minimum absolute atomic E-state index is 0.00738. The highest BCUT2D eigenvalue weighted by Crippen LogP contribution is 2.22. The van der Waals surface area contributed by atoms with E-state index in [9.17, 15) is 22.4 Å². The highest BCUT2D eigenvalue weighted by Gasteiger charge is 2.35.